The zero-order chi connectivity index (χ0) is 13.8. The molecule has 100 valence electrons. The van der Waals surface area contributed by atoms with Crippen LogP contribution in [0.4, 0.5) is 0 Å². The molecule has 19 heavy (non-hydrogen) atoms. The molecule has 5 heteroatoms. The Balaban J connectivity index is 2.22. The molecule has 1 heterocycles. The van der Waals surface area contributed by atoms with Crippen LogP contribution in [0.3, 0.4) is 0 Å². The topological polar surface area (TPSA) is 67.5 Å². The molecule has 0 bridgehead atoms. The lowest BCUT2D eigenvalue weighted by molar-refractivity contribution is -0.116. The fourth-order valence-corrected chi connectivity index (χ4v) is 2.77. The van der Waals surface area contributed by atoms with Gasteiger partial charge in [-0.05, 0) is 24.6 Å². The van der Waals surface area contributed by atoms with Gasteiger partial charge in [0.05, 0.1) is 0 Å². The van der Waals surface area contributed by atoms with Gasteiger partial charge in [-0.3, -0.25) is 4.79 Å². The normalized spacial score (nSPS) is 10.8. The summed E-state index contributed by atoms with van der Waals surface area (Å²) in [7, 11) is 0. The zero-order valence-corrected chi connectivity index (χ0v) is 11.3. The van der Waals surface area contributed by atoms with Crippen LogP contribution in [0.15, 0.2) is 33.5 Å². The van der Waals surface area contributed by atoms with Crippen molar-refractivity contribution in [1.82, 2.24) is 0 Å². The van der Waals surface area contributed by atoms with Crippen LogP contribution in [0.25, 0.3) is 11.0 Å². The third-order valence-corrected chi connectivity index (χ3v) is 3.68. The first-order valence-corrected chi connectivity index (χ1v) is 7.04. The molecule has 0 radical (unpaired) electrons. The van der Waals surface area contributed by atoms with Crippen molar-refractivity contribution >= 4 is 28.5 Å². The molecule has 0 aliphatic rings. The van der Waals surface area contributed by atoms with Gasteiger partial charge < -0.3 is 9.52 Å². The molecule has 0 aliphatic carbocycles. The second-order valence-corrected chi connectivity index (χ2v) is 5.38. The highest BCUT2D eigenvalue weighted by Crippen LogP contribution is 2.24. The standard InChI is InChI=1S/C14H14O4S/c1-9(15)4-5-19-8-10-6-14(17)18-13-7-11(16)2-3-12(10)13/h2-3,6-7,16H,4-5,8H2,1H3. The number of rotatable bonds is 5. The lowest BCUT2D eigenvalue weighted by Gasteiger charge is -2.05. The quantitative estimate of drug-likeness (QED) is 0.672. The summed E-state index contributed by atoms with van der Waals surface area (Å²) < 4.78 is 5.05. The summed E-state index contributed by atoms with van der Waals surface area (Å²) in [6.45, 7) is 1.57. The fourth-order valence-electron chi connectivity index (χ4n) is 1.74. The summed E-state index contributed by atoms with van der Waals surface area (Å²) in [6.07, 6.45) is 0.533. The summed E-state index contributed by atoms with van der Waals surface area (Å²) in [5.74, 6) is 1.60. The van der Waals surface area contributed by atoms with Gasteiger partial charge in [0.1, 0.15) is 17.1 Å². The highest BCUT2D eigenvalue weighted by Gasteiger charge is 2.06. The van der Waals surface area contributed by atoms with Gasteiger partial charge in [-0.25, -0.2) is 4.79 Å². The van der Waals surface area contributed by atoms with E-state index in [1.165, 1.54) is 12.1 Å². The van der Waals surface area contributed by atoms with E-state index in [1.807, 2.05) is 0 Å². The Kier molecular flexibility index (Phi) is 4.27. The van der Waals surface area contributed by atoms with Crippen molar-refractivity contribution in [2.75, 3.05) is 5.75 Å². The first-order valence-electron chi connectivity index (χ1n) is 5.89. The number of ketones is 1. The van der Waals surface area contributed by atoms with Crippen molar-refractivity contribution < 1.29 is 14.3 Å². The highest BCUT2D eigenvalue weighted by atomic mass is 32.2. The van der Waals surface area contributed by atoms with Crippen LogP contribution < -0.4 is 5.63 Å². The number of thioether (sulfide) groups is 1. The molecule has 2 rings (SSSR count). The molecular formula is C14H14O4S. The number of phenolic OH excluding ortho intramolecular Hbond substituents is 1. The van der Waals surface area contributed by atoms with Crippen LogP contribution in [0.5, 0.6) is 5.75 Å². The van der Waals surface area contributed by atoms with E-state index < -0.39 is 5.63 Å². The average molecular weight is 278 g/mol. The Morgan fingerprint density at radius 2 is 2.16 bits per heavy atom. The predicted molar refractivity (Wildman–Crippen MR) is 75.6 cm³/mol. The molecular weight excluding hydrogens is 264 g/mol. The Bertz CT molecular complexity index is 660. The SMILES string of the molecule is CC(=O)CCSCc1cc(=O)oc2cc(O)ccc12. The molecule has 1 N–H and O–H groups in total. The molecule has 1 aromatic heterocycles. The molecule has 0 spiro atoms. The van der Waals surface area contributed by atoms with Crippen molar-refractivity contribution in [3.05, 3.63) is 40.2 Å². The Morgan fingerprint density at radius 1 is 1.37 bits per heavy atom. The van der Waals surface area contributed by atoms with Crippen molar-refractivity contribution in [2.24, 2.45) is 0 Å². The monoisotopic (exact) mass is 278 g/mol. The molecule has 1 aromatic carbocycles. The maximum absolute atomic E-state index is 11.4. The Hall–Kier alpha value is -1.75. The summed E-state index contributed by atoms with van der Waals surface area (Å²) >= 11 is 1.60. The third-order valence-electron chi connectivity index (χ3n) is 2.67. The fraction of sp³-hybridized carbons (Fsp3) is 0.286. The maximum atomic E-state index is 11.4. The van der Waals surface area contributed by atoms with Crippen molar-refractivity contribution in [3.63, 3.8) is 0 Å². The molecule has 2 aromatic rings. The van der Waals surface area contributed by atoms with E-state index in [9.17, 15) is 14.7 Å². The smallest absolute Gasteiger partial charge is 0.336 e. The van der Waals surface area contributed by atoms with Crippen LogP contribution in [0.1, 0.15) is 18.9 Å². The van der Waals surface area contributed by atoms with Gasteiger partial charge in [-0.2, -0.15) is 11.8 Å². The van der Waals surface area contributed by atoms with Crippen LogP contribution in [0, 0.1) is 0 Å². The van der Waals surface area contributed by atoms with Gasteiger partial charge in [0.25, 0.3) is 0 Å². The van der Waals surface area contributed by atoms with Crippen molar-refractivity contribution in [2.45, 2.75) is 19.1 Å². The van der Waals surface area contributed by atoms with E-state index >= 15 is 0 Å². The van der Waals surface area contributed by atoms with E-state index in [1.54, 1.807) is 30.8 Å². The zero-order valence-electron chi connectivity index (χ0n) is 10.5. The highest BCUT2D eigenvalue weighted by molar-refractivity contribution is 7.98. The van der Waals surface area contributed by atoms with Crippen LogP contribution >= 0.6 is 11.8 Å². The molecule has 4 nitrogen and oxygen atoms in total. The number of hydrogen-bond acceptors (Lipinski definition) is 5. The van der Waals surface area contributed by atoms with E-state index in [0.29, 0.717) is 17.8 Å². The van der Waals surface area contributed by atoms with Crippen molar-refractivity contribution in [1.29, 1.82) is 0 Å². The molecule has 0 amide bonds. The number of carbonyl (C=O) groups is 1. The van der Waals surface area contributed by atoms with Gasteiger partial charge in [0, 0.05) is 35.4 Å². The first kappa shape index (κ1) is 13.7. The minimum absolute atomic E-state index is 0.0667. The maximum Gasteiger partial charge on any atom is 0.336 e. The number of phenols is 1. The molecule has 0 aliphatic heterocycles. The summed E-state index contributed by atoms with van der Waals surface area (Å²) in [6, 6.07) is 6.18. The number of aromatic hydroxyl groups is 1. The van der Waals surface area contributed by atoms with E-state index in [2.05, 4.69) is 0 Å². The Morgan fingerprint density at radius 3 is 2.89 bits per heavy atom. The van der Waals surface area contributed by atoms with Crippen LogP contribution in [-0.4, -0.2) is 16.6 Å². The third kappa shape index (κ3) is 3.61. The van der Waals surface area contributed by atoms with E-state index in [0.717, 1.165) is 16.7 Å². The molecule has 0 saturated heterocycles. The van der Waals surface area contributed by atoms with E-state index in [-0.39, 0.29) is 11.5 Å². The summed E-state index contributed by atoms with van der Waals surface area (Å²) in [5, 5.41) is 10.2. The van der Waals surface area contributed by atoms with E-state index in [4.69, 9.17) is 4.42 Å². The number of carbonyl (C=O) groups excluding carboxylic acids is 1. The average Bonchev–Trinajstić information content (AvgIpc) is 2.33. The van der Waals surface area contributed by atoms with Gasteiger partial charge in [-0.15, -0.1) is 0 Å². The molecule has 0 fully saturated rings. The van der Waals surface area contributed by atoms with Gasteiger partial charge >= 0.3 is 5.63 Å². The summed E-state index contributed by atoms with van der Waals surface area (Å²) in [4.78, 5) is 22.3. The lowest BCUT2D eigenvalue weighted by Crippen LogP contribution is -2.00. The minimum atomic E-state index is -0.430. The lowest BCUT2D eigenvalue weighted by atomic mass is 10.1. The largest absolute Gasteiger partial charge is 0.508 e. The summed E-state index contributed by atoms with van der Waals surface area (Å²) in [5.41, 5.74) is 0.815. The van der Waals surface area contributed by atoms with Gasteiger partial charge in [0.2, 0.25) is 0 Å². The van der Waals surface area contributed by atoms with Gasteiger partial charge in [0.15, 0.2) is 0 Å². The van der Waals surface area contributed by atoms with Crippen LogP contribution in [0.2, 0.25) is 0 Å². The second-order valence-electron chi connectivity index (χ2n) is 4.28. The Labute approximate surface area is 114 Å². The minimum Gasteiger partial charge on any atom is -0.508 e. The number of benzene rings is 1. The molecule has 0 atom stereocenters. The number of Topliss-reactive ketones (excluding diaryl/α,β-unsaturated/α-hetero) is 1. The van der Waals surface area contributed by atoms with Gasteiger partial charge in [-0.1, -0.05) is 0 Å². The molecule has 0 saturated carbocycles. The first-order chi connectivity index (χ1) is 9.06. The second kappa shape index (κ2) is 5.93. The number of fused-ring (bicyclic) bond motifs is 1. The molecule has 0 unspecified atom stereocenters. The predicted octanol–water partition coefficient (Wildman–Crippen LogP) is 2.71. The van der Waals surface area contributed by atoms with Crippen LogP contribution in [-0.2, 0) is 10.5 Å². The van der Waals surface area contributed by atoms with Crippen molar-refractivity contribution in [3.8, 4) is 5.75 Å². The number of hydrogen-bond donors (Lipinski definition) is 1.